The summed E-state index contributed by atoms with van der Waals surface area (Å²) in [6, 6.07) is 2.97. The highest BCUT2D eigenvalue weighted by molar-refractivity contribution is 7.19. The summed E-state index contributed by atoms with van der Waals surface area (Å²) in [5, 5.41) is 14.8. The van der Waals surface area contributed by atoms with Crippen molar-refractivity contribution < 1.29 is 0 Å². The predicted molar refractivity (Wildman–Crippen MR) is 138 cm³/mol. The van der Waals surface area contributed by atoms with E-state index in [0.29, 0.717) is 24.3 Å². The Morgan fingerprint density at radius 1 is 1.21 bits per heavy atom. The number of fused-ring (bicyclic) bond motifs is 4. The molecule has 6 nitrogen and oxygen atoms in total. The van der Waals surface area contributed by atoms with Crippen LogP contribution in [-0.4, -0.2) is 43.6 Å². The number of rotatable bonds is 5. The summed E-state index contributed by atoms with van der Waals surface area (Å²) < 4.78 is 1.91. The first-order valence-electron chi connectivity index (χ1n) is 12.4. The number of piperidine rings is 1. The molecule has 1 saturated heterocycles. The molecule has 0 aromatic carbocycles. The zero-order valence-corrected chi connectivity index (χ0v) is 21.5. The smallest absolute Gasteiger partial charge is 0.158 e. The van der Waals surface area contributed by atoms with E-state index < -0.39 is 0 Å². The highest BCUT2D eigenvalue weighted by atomic mass is 32.1. The van der Waals surface area contributed by atoms with Gasteiger partial charge in [-0.1, -0.05) is 13.8 Å². The van der Waals surface area contributed by atoms with Gasteiger partial charge >= 0.3 is 0 Å². The third-order valence-corrected chi connectivity index (χ3v) is 9.78. The quantitative estimate of drug-likeness (QED) is 0.382. The third kappa shape index (κ3) is 3.08. The molecule has 4 aromatic heterocycles. The summed E-state index contributed by atoms with van der Waals surface area (Å²) in [5.74, 6) is 1.80. The van der Waals surface area contributed by atoms with Gasteiger partial charge < -0.3 is 4.98 Å². The largest absolute Gasteiger partial charge is 0.346 e. The fourth-order valence-electron chi connectivity index (χ4n) is 6.68. The van der Waals surface area contributed by atoms with Gasteiger partial charge in [-0.2, -0.15) is 10.4 Å². The van der Waals surface area contributed by atoms with E-state index in [2.05, 4.69) is 66.9 Å². The predicted octanol–water partition coefficient (Wildman–Crippen LogP) is 6.08. The van der Waals surface area contributed by atoms with Crippen LogP contribution in [0.2, 0.25) is 0 Å². The second-order valence-corrected chi connectivity index (χ2v) is 11.6. The average molecular weight is 473 g/mol. The van der Waals surface area contributed by atoms with Gasteiger partial charge in [-0.25, -0.2) is 9.50 Å². The fraction of sp³-hybridized carbons (Fsp3) is 0.519. The molecule has 1 aliphatic carbocycles. The molecular formula is C27H32N6S. The first-order valence-corrected chi connectivity index (χ1v) is 13.3. The molecule has 0 spiro atoms. The maximum absolute atomic E-state index is 8.98. The molecule has 0 radical (unpaired) electrons. The second kappa shape index (κ2) is 7.93. The van der Waals surface area contributed by atoms with E-state index in [1.165, 1.54) is 56.6 Å². The van der Waals surface area contributed by atoms with Crippen LogP contribution >= 0.6 is 11.3 Å². The van der Waals surface area contributed by atoms with Gasteiger partial charge in [-0.3, -0.25) is 4.90 Å². The summed E-state index contributed by atoms with van der Waals surface area (Å²) in [6.07, 6.45) is 6.95. The van der Waals surface area contributed by atoms with Gasteiger partial charge in [0, 0.05) is 47.6 Å². The van der Waals surface area contributed by atoms with Crippen LogP contribution in [0.5, 0.6) is 0 Å². The van der Waals surface area contributed by atoms with Crippen LogP contribution in [0.15, 0.2) is 12.5 Å². The molecule has 0 amide bonds. The normalized spacial score (nSPS) is 22.6. The Labute approximate surface area is 204 Å². The Bertz CT molecular complexity index is 1450. The average Bonchev–Trinajstić information content (AvgIpc) is 3.61. The topological polar surface area (TPSA) is 73.0 Å². The lowest BCUT2D eigenvalue weighted by Crippen LogP contribution is -2.35. The number of hydrogen-bond acceptors (Lipinski definition) is 5. The monoisotopic (exact) mass is 472 g/mol. The minimum atomic E-state index is 0.414. The number of nitrogens with zero attached hydrogens (tertiary/aromatic N) is 5. The van der Waals surface area contributed by atoms with E-state index in [9.17, 15) is 0 Å². The van der Waals surface area contributed by atoms with E-state index in [1.807, 2.05) is 15.9 Å². The molecule has 3 atom stereocenters. The first-order chi connectivity index (χ1) is 16.4. The van der Waals surface area contributed by atoms with Crippen molar-refractivity contribution in [2.45, 2.75) is 71.8 Å². The maximum Gasteiger partial charge on any atom is 0.158 e. The molecule has 2 fully saturated rings. The van der Waals surface area contributed by atoms with Crippen LogP contribution in [0, 0.1) is 38.0 Å². The minimum Gasteiger partial charge on any atom is -0.346 e. The molecule has 2 bridgehead atoms. The molecule has 4 aromatic rings. The first kappa shape index (κ1) is 21.8. The van der Waals surface area contributed by atoms with Gasteiger partial charge in [0.2, 0.25) is 0 Å². The molecule has 2 aliphatic rings. The molecule has 176 valence electrons. The molecule has 34 heavy (non-hydrogen) atoms. The van der Waals surface area contributed by atoms with E-state index in [0.717, 1.165) is 24.7 Å². The Morgan fingerprint density at radius 3 is 2.74 bits per heavy atom. The van der Waals surface area contributed by atoms with Crippen LogP contribution in [0.3, 0.4) is 0 Å². The molecule has 1 saturated carbocycles. The fourth-order valence-corrected chi connectivity index (χ4v) is 8.11. The number of aryl methyl sites for hydroxylation is 2. The Hall–Kier alpha value is -2.69. The number of aromatic nitrogens is 4. The molecule has 6 rings (SSSR count). The van der Waals surface area contributed by atoms with E-state index >= 15 is 0 Å². The maximum atomic E-state index is 8.98. The van der Waals surface area contributed by atoms with Gasteiger partial charge in [0.05, 0.1) is 11.8 Å². The van der Waals surface area contributed by atoms with Crippen molar-refractivity contribution >= 4 is 27.2 Å². The van der Waals surface area contributed by atoms with E-state index in [-0.39, 0.29) is 0 Å². The van der Waals surface area contributed by atoms with Crippen molar-refractivity contribution in [2.75, 3.05) is 13.1 Å². The number of likely N-dealkylation sites (tertiary alicyclic amines) is 1. The van der Waals surface area contributed by atoms with Crippen LogP contribution in [-0.2, 0) is 0 Å². The van der Waals surface area contributed by atoms with Crippen molar-refractivity contribution in [3.63, 3.8) is 0 Å². The summed E-state index contributed by atoms with van der Waals surface area (Å²) in [4.78, 5) is 13.8. The zero-order chi connectivity index (χ0) is 23.7. The van der Waals surface area contributed by atoms with Gasteiger partial charge in [0.15, 0.2) is 5.65 Å². The van der Waals surface area contributed by atoms with Gasteiger partial charge in [-0.15, -0.1) is 11.3 Å². The van der Waals surface area contributed by atoms with Crippen LogP contribution in [0.4, 0.5) is 0 Å². The molecule has 1 N–H and O–H groups in total. The summed E-state index contributed by atoms with van der Waals surface area (Å²) in [7, 11) is 0. The summed E-state index contributed by atoms with van der Waals surface area (Å²) in [6.45, 7) is 13.4. The molecule has 1 aliphatic heterocycles. The highest BCUT2D eigenvalue weighted by Crippen LogP contribution is 2.53. The van der Waals surface area contributed by atoms with Crippen LogP contribution in [0.1, 0.15) is 72.1 Å². The van der Waals surface area contributed by atoms with Crippen molar-refractivity contribution in [1.82, 2.24) is 24.5 Å². The molecular weight excluding hydrogens is 440 g/mol. The van der Waals surface area contributed by atoms with Gasteiger partial charge in [0.25, 0.3) is 0 Å². The van der Waals surface area contributed by atoms with Crippen LogP contribution < -0.4 is 0 Å². The summed E-state index contributed by atoms with van der Waals surface area (Å²) in [5.41, 5.74) is 8.73. The number of H-pyrrole nitrogens is 1. The van der Waals surface area contributed by atoms with Crippen molar-refractivity contribution in [2.24, 2.45) is 5.92 Å². The number of nitriles is 1. The number of nitrogens with one attached hydrogen (secondary N) is 1. The van der Waals surface area contributed by atoms with Gasteiger partial charge in [0.1, 0.15) is 11.2 Å². The second-order valence-electron chi connectivity index (χ2n) is 10.6. The standard InChI is InChI=1S/C27H32N6S/c1-14(2)22-23-17(5)25(20-10-19-9-18(20)11-32(19)8-6-7-28)34-27(23)31-24(22)21-12-33-26(29-13-30-33)16(4)15(21)3/h12-14,18-20,31H,6,8-11H2,1-5H3/t18-,19-,20+/m0/s1. The lowest BCUT2D eigenvalue weighted by molar-refractivity contribution is 0.204. The lowest BCUT2D eigenvalue weighted by atomic mass is 9.88. The lowest BCUT2D eigenvalue weighted by Gasteiger charge is -2.31. The third-order valence-electron chi connectivity index (χ3n) is 8.44. The summed E-state index contributed by atoms with van der Waals surface area (Å²) >= 11 is 1.98. The van der Waals surface area contributed by atoms with Crippen molar-refractivity contribution in [1.29, 1.82) is 5.26 Å². The minimum absolute atomic E-state index is 0.414. The van der Waals surface area contributed by atoms with Crippen molar-refractivity contribution in [3.05, 3.63) is 39.7 Å². The van der Waals surface area contributed by atoms with Crippen LogP contribution in [0.25, 0.3) is 27.1 Å². The number of thiophene rings is 1. The van der Waals surface area contributed by atoms with Gasteiger partial charge in [-0.05, 0) is 73.6 Å². The van der Waals surface area contributed by atoms with Crippen molar-refractivity contribution in [3.8, 4) is 17.3 Å². The number of aromatic amines is 1. The Morgan fingerprint density at radius 2 is 2.03 bits per heavy atom. The molecule has 0 unspecified atom stereocenters. The van der Waals surface area contributed by atoms with E-state index in [4.69, 9.17) is 5.26 Å². The molecule has 7 heteroatoms. The highest BCUT2D eigenvalue weighted by Gasteiger charge is 2.46. The number of hydrogen-bond donors (Lipinski definition) is 1. The Balaban J connectivity index is 1.42. The van der Waals surface area contributed by atoms with E-state index in [1.54, 1.807) is 11.2 Å². The SMILES string of the molecule is Cc1c(-c2[nH]c3sc([C@@H]4C[C@@H]5C[C@H]4CN5CCC#N)c(C)c3c2C(C)C)cn2ncnc2c1C. The Kier molecular flexibility index (Phi) is 5.09. The zero-order valence-electron chi connectivity index (χ0n) is 20.6. The number of pyridine rings is 1. The molecule has 5 heterocycles.